The molecule has 1 nitrogen and oxygen atoms in total. The quantitative estimate of drug-likeness (QED) is 0.490. The van der Waals surface area contributed by atoms with Crippen molar-refractivity contribution in [3.8, 4) is 0 Å². The smallest absolute Gasteiger partial charge is 0.0877 e. The summed E-state index contributed by atoms with van der Waals surface area (Å²) in [5.41, 5.74) is 1.09. The Bertz CT molecular complexity index is 57.2. The summed E-state index contributed by atoms with van der Waals surface area (Å²) >= 11 is 0. The Morgan fingerprint density at radius 2 is 2.43 bits per heavy atom. The van der Waals surface area contributed by atoms with Crippen LogP contribution in [0.1, 0.15) is 13.3 Å². The molecule has 0 amide bonds. The molecule has 0 heterocycles. The summed E-state index contributed by atoms with van der Waals surface area (Å²) < 4.78 is 4.42. The minimum Gasteiger partial charge on any atom is -0.373 e. The molecule has 0 saturated heterocycles. The van der Waals surface area contributed by atoms with Gasteiger partial charge in [-0.3, -0.25) is 0 Å². The van der Waals surface area contributed by atoms with Gasteiger partial charge in [0.15, 0.2) is 0 Å². The average Bonchev–Trinajstić information content (AvgIpc) is 1.61. The third-order valence-corrected chi connectivity index (χ3v) is 0.550. The van der Waals surface area contributed by atoms with E-state index in [1.165, 1.54) is 0 Å². The molecule has 0 spiro atoms. The van der Waals surface area contributed by atoms with E-state index in [0.29, 0.717) is 0 Å². The van der Waals surface area contributed by atoms with E-state index in [-0.39, 0.29) is 0 Å². The van der Waals surface area contributed by atoms with Crippen molar-refractivity contribution in [1.29, 1.82) is 0 Å². The Morgan fingerprint density at radius 3 is 2.57 bits per heavy atom. The van der Waals surface area contributed by atoms with Crippen LogP contribution < -0.4 is 0 Å². The molecule has 0 aliphatic rings. The highest BCUT2D eigenvalue weighted by Gasteiger charge is 1.82. The van der Waals surface area contributed by atoms with Gasteiger partial charge in [0.2, 0.25) is 0 Å². The van der Waals surface area contributed by atoms with Crippen LogP contribution in [0.3, 0.4) is 0 Å². The van der Waals surface area contributed by atoms with Crippen LogP contribution in [-0.2, 0) is 4.74 Å². The summed E-state index contributed by atoms with van der Waals surface area (Å²) in [5, 5.41) is 0. The molecular weight excluding hydrogens is 88.1 g/mol. The van der Waals surface area contributed by atoms with Gasteiger partial charge < -0.3 is 4.74 Å². The highest BCUT2D eigenvalue weighted by molar-refractivity contribution is 4.90. The van der Waals surface area contributed by atoms with Gasteiger partial charge in [-0.25, -0.2) is 0 Å². The van der Waals surface area contributed by atoms with Crippen molar-refractivity contribution < 1.29 is 4.74 Å². The van der Waals surface area contributed by atoms with Crippen LogP contribution in [0, 0.1) is 13.7 Å². The average molecular weight is 98.1 g/mol. The predicted molar refractivity (Wildman–Crippen MR) is 30.2 cm³/mol. The standard InChI is InChI=1S/C6H10O/c1-6(2)4-5-7-3/h5H,1,3-4H2,2H3. The summed E-state index contributed by atoms with van der Waals surface area (Å²) in [6, 6.07) is 0. The highest BCUT2D eigenvalue weighted by atomic mass is 16.5. The molecule has 0 bridgehead atoms. The van der Waals surface area contributed by atoms with E-state index in [1.54, 1.807) is 6.61 Å². The van der Waals surface area contributed by atoms with Crippen molar-refractivity contribution in [3.63, 3.8) is 0 Å². The second-order valence-electron chi connectivity index (χ2n) is 1.49. The molecule has 7 heavy (non-hydrogen) atoms. The van der Waals surface area contributed by atoms with Gasteiger partial charge in [0.25, 0.3) is 0 Å². The van der Waals surface area contributed by atoms with Crippen LogP contribution in [0.4, 0.5) is 0 Å². The molecule has 0 fully saturated rings. The summed E-state index contributed by atoms with van der Waals surface area (Å²) in [4.78, 5) is 0. The first kappa shape index (κ1) is 6.70. The number of hydrogen-bond donors (Lipinski definition) is 0. The van der Waals surface area contributed by atoms with Gasteiger partial charge in [-0.05, 0) is 13.3 Å². The zero-order valence-electron chi connectivity index (χ0n) is 4.61. The van der Waals surface area contributed by atoms with Gasteiger partial charge >= 0.3 is 0 Å². The van der Waals surface area contributed by atoms with Crippen molar-refractivity contribution in [1.82, 2.24) is 0 Å². The number of rotatable bonds is 3. The number of ether oxygens (including phenoxy) is 1. The summed E-state index contributed by atoms with van der Waals surface area (Å²) in [6.45, 7) is 7.21. The Kier molecular flexibility index (Phi) is 3.71. The topological polar surface area (TPSA) is 9.23 Å². The summed E-state index contributed by atoms with van der Waals surface area (Å²) in [6.07, 6.45) is 0.795. The van der Waals surface area contributed by atoms with Crippen molar-refractivity contribution in [2.45, 2.75) is 13.3 Å². The second kappa shape index (κ2) is 3.88. The summed E-state index contributed by atoms with van der Waals surface area (Å²) in [7, 11) is 3.16. The van der Waals surface area contributed by atoms with E-state index in [9.17, 15) is 0 Å². The zero-order valence-corrected chi connectivity index (χ0v) is 4.61. The lowest BCUT2D eigenvalue weighted by Crippen LogP contribution is -1.76. The maximum absolute atomic E-state index is 4.42. The first-order valence-corrected chi connectivity index (χ1v) is 2.14. The van der Waals surface area contributed by atoms with Crippen LogP contribution in [0.15, 0.2) is 12.2 Å². The SMILES string of the molecule is [CH2]O[CH]CC(=C)C. The van der Waals surface area contributed by atoms with E-state index in [0.717, 1.165) is 12.0 Å². The van der Waals surface area contributed by atoms with Gasteiger partial charge in [0, 0.05) is 0 Å². The van der Waals surface area contributed by atoms with Crippen molar-refractivity contribution >= 4 is 0 Å². The van der Waals surface area contributed by atoms with Crippen LogP contribution in [-0.4, -0.2) is 0 Å². The molecule has 0 rings (SSSR count). The molecule has 0 saturated carbocycles. The lowest BCUT2D eigenvalue weighted by molar-refractivity contribution is 0.321. The fourth-order valence-electron chi connectivity index (χ4n) is 0.201. The molecule has 0 atom stereocenters. The van der Waals surface area contributed by atoms with E-state index in [1.807, 2.05) is 6.92 Å². The first-order chi connectivity index (χ1) is 3.27. The van der Waals surface area contributed by atoms with Crippen LogP contribution in [0.25, 0.3) is 0 Å². The molecular formula is C6H10O. The molecule has 0 unspecified atom stereocenters. The Morgan fingerprint density at radius 1 is 1.86 bits per heavy atom. The normalized spacial score (nSPS) is 8.86. The van der Waals surface area contributed by atoms with Crippen molar-refractivity contribution in [2.75, 3.05) is 0 Å². The Balaban J connectivity index is 2.82. The number of hydrogen-bond acceptors (Lipinski definition) is 1. The molecule has 1 heteroatoms. The lowest BCUT2D eigenvalue weighted by Gasteiger charge is -1.92. The van der Waals surface area contributed by atoms with E-state index in [2.05, 4.69) is 18.4 Å². The predicted octanol–water partition coefficient (Wildman–Crippen LogP) is 1.92. The van der Waals surface area contributed by atoms with Gasteiger partial charge in [-0.2, -0.15) is 0 Å². The van der Waals surface area contributed by atoms with Crippen LogP contribution >= 0.6 is 0 Å². The van der Waals surface area contributed by atoms with Gasteiger partial charge in [-0.15, -0.1) is 6.58 Å². The Hall–Kier alpha value is -0.300. The maximum atomic E-state index is 4.42. The van der Waals surface area contributed by atoms with Gasteiger partial charge in [-0.1, -0.05) is 5.57 Å². The first-order valence-electron chi connectivity index (χ1n) is 2.14. The summed E-state index contributed by atoms with van der Waals surface area (Å²) in [5.74, 6) is 0. The van der Waals surface area contributed by atoms with Gasteiger partial charge in [0.1, 0.15) is 0 Å². The molecule has 0 aliphatic carbocycles. The molecule has 0 aliphatic heterocycles. The maximum Gasteiger partial charge on any atom is 0.0877 e. The monoisotopic (exact) mass is 98.1 g/mol. The zero-order chi connectivity index (χ0) is 5.70. The van der Waals surface area contributed by atoms with E-state index in [4.69, 9.17) is 0 Å². The molecule has 40 valence electrons. The lowest BCUT2D eigenvalue weighted by atomic mass is 10.3. The molecule has 0 aromatic rings. The fourth-order valence-corrected chi connectivity index (χ4v) is 0.201. The van der Waals surface area contributed by atoms with E-state index < -0.39 is 0 Å². The highest BCUT2D eigenvalue weighted by Crippen LogP contribution is 1.97. The van der Waals surface area contributed by atoms with E-state index >= 15 is 0 Å². The molecule has 0 aromatic heterocycles. The minimum atomic E-state index is 0.795. The second-order valence-corrected chi connectivity index (χ2v) is 1.49. The van der Waals surface area contributed by atoms with Crippen LogP contribution in [0.2, 0.25) is 0 Å². The Labute approximate surface area is 45.0 Å². The molecule has 0 N–H and O–H groups in total. The fraction of sp³-hybridized carbons (Fsp3) is 0.333. The van der Waals surface area contributed by atoms with Gasteiger partial charge in [0.05, 0.1) is 13.7 Å². The van der Waals surface area contributed by atoms with Crippen molar-refractivity contribution in [2.24, 2.45) is 0 Å². The molecule has 2 radical (unpaired) electrons. The largest absolute Gasteiger partial charge is 0.373 e. The third kappa shape index (κ3) is 5.70. The molecule has 0 aromatic carbocycles. The van der Waals surface area contributed by atoms with Crippen molar-refractivity contribution in [3.05, 3.63) is 25.9 Å². The van der Waals surface area contributed by atoms with Crippen LogP contribution in [0.5, 0.6) is 0 Å². The third-order valence-electron chi connectivity index (χ3n) is 0.550. The minimum absolute atomic E-state index is 0.795.